The number of rotatable bonds is 4. The van der Waals surface area contributed by atoms with E-state index in [0.717, 1.165) is 23.4 Å². The average Bonchev–Trinajstić information content (AvgIpc) is 2.41. The Labute approximate surface area is 125 Å². The lowest BCUT2D eigenvalue weighted by atomic mass is 10.1. The molecule has 2 unspecified atom stereocenters. The van der Waals surface area contributed by atoms with Crippen LogP contribution in [0.5, 0.6) is 0 Å². The van der Waals surface area contributed by atoms with Gasteiger partial charge in [-0.25, -0.2) is 0 Å². The number of amides is 1. The van der Waals surface area contributed by atoms with Crippen molar-refractivity contribution in [3.8, 4) is 0 Å². The third-order valence-electron chi connectivity index (χ3n) is 3.75. The van der Waals surface area contributed by atoms with E-state index in [-0.39, 0.29) is 18.0 Å². The minimum atomic E-state index is 0.173. The van der Waals surface area contributed by atoms with Crippen molar-refractivity contribution < 1.29 is 9.53 Å². The van der Waals surface area contributed by atoms with Gasteiger partial charge >= 0.3 is 0 Å². The Kier molecular flexibility index (Phi) is 5.44. The number of halogens is 1. The number of benzene rings is 1. The van der Waals surface area contributed by atoms with Crippen LogP contribution in [0.2, 0.25) is 5.02 Å². The summed E-state index contributed by atoms with van der Waals surface area (Å²) in [5.41, 5.74) is 1.12. The summed E-state index contributed by atoms with van der Waals surface area (Å²) >= 11 is 6.12. The summed E-state index contributed by atoms with van der Waals surface area (Å²) in [6, 6.07) is 8.17. The monoisotopic (exact) mass is 295 g/mol. The fraction of sp³-hybridized carbons (Fsp3) is 0.562. The third-order valence-corrected chi connectivity index (χ3v) is 4.12. The van der Waals surface area contributed by atoms with Crippen molar-refractivity contribution in [1.29, 1.82) is 0 Å². The Morgan fingerprint density at radius 2 is 1.95 bits per heavy atom. The molecule has 0 N–H and O–H groups in total. The number of aryl methyl sites for hydroxylation is 1. The molecular formula is C16H22ClNO2. The van der Waals surface area contributed by atoms with Crippen LogP contribution in [-0.4, -0.2) is 36.1 Å². The smallest absolute Gasteiger partial charge is 0.223 e. The maximum absolute atomic E-state index is 12.3. The minimum Gasteiger partial charge on any atom is -0.377 e. The molecular weight excluding hydrogens is 274 g/mol. The molecule has 20 heavy (non-hydrogen) atoms. The van der Waals surface area contributed by atoms with E-state index in [4.69, 9.17) is 16.3 Å². The first-order chi connectivity index (χ1) is 9.59. The molecule has 110 valence electrons. The highest BCUT2D eigenvalue weighted by Crippen LogP contribution is 2.19. The zero-order valence-electron chi connectivity index (χ0n) is 12.1. The van der Waals surface area contributed by atoms with E-state index in [1.807, 2.05) is 43.0 Å². The SMILES string of the molecule is CC1COCC(C)N1C(=O)CCCc1ccccc1Cl. The lowest BCUT2D eigenvalue weighted by molar-refractivity contribution is -0.144. The molecule has 1 aliphatic heterocycles. The molecule has 1 fully saturated rings. The number of carbonyl (C=O) groups is 1. The van der Waals surface area contributed by atoms with Gasteiger partial charge in [0.05, 0.1) is 25.3 Å². The fourth-order valence-electron chi connectivity index (χ4n) is 2.76. The van der Waals surface area contributed by atoms with Gasteiger partial charge in [0.1, 0.15) is 0 Å². The Hall–Kier alpha value is -1.06. The van der Waals surface area contributed by atoms with Gasteiger partial charge in [0, 0.05) is 11.4 Å². The second-order valence-electron chi connectivity index (χ2n) is 5.48. The summed E-state index contributed by atoms with van der Waals surface area (Å²) in [6.45, 7) is 5.37. The van der Waals surface area contributed by atoms with E-state index < -0.39 is 0 Å². The summed E-state index contributed by atoms with van der Waals surface area (Å²) < 4.78 is 5.45. The first kappa shape index (κ1) is 15.3. The third kappa shape index (κ3) is 3.74. The summed E-state index contributed by atoms with van der Waals surface area (Å²) in [5.74, 6) is 0.223. The molecule has 3 nitrogen and oxygen atoms in total. The Balaban J connectivity index is 1.84. The lowest BCUT2D eigenvalue weighted by Crippen LogP contribution is -2.52. The van der Waals surface area contributed by atoms with E-state index in [2.05, 4.69) is 0 Å². The molecule has 0 saturated carbocycles. The number of morpholine rings is 1. The van der Waals surface area contributed by atoms with E-state index >= 15 is 0 Å². The number of ether oxygens (including phenoxy) is 1. The zero-order valence-corrected chi connectivity index (χ0v) is 12.9. The largest absolute Gasteiger partial charge is 0.377 e. The maximum Gasteiger partial charge on any atom is 0.223 e. The van der Waals surface area contributed by atoms with Gasteiger partial charge in [-0.1, -0.05) is 29.8 Å². The molecule has 1 saturated heterocycles. The van der Waals surface area contributed by atoms with Crippen molar-refractivity contribution in [2.24, 2.45) is 0 Å². The predicted molar refractivity (Wildman–Crippen MR) is 81.0 cm³/mol. The van der Waals surface area contributed by atoms with Gasteiger partial charge in [0.25, 0.3) is 0 Å². The normalized spacial score (nSPS) is 22.9. The molecule has 0 aliphatic carbocycles. The standard InChI is InChI=1S/C16H22ClNO2/c1-12-10-20-11-13(2)18(12)16(19)9-5-7-14-6-3-4-8-15(14)17/h3-4,6,8,12-13H,5,7,9-11H2,1-2H3. The number of hydrogen-bond acceptors (Lipinski definition) is 2. The molecule has 0 radical (unpaired) electrons. The van der Waals surface area contributed by atoms with Crippen molar-refractivity contribution in [2.75, 3.05) is 13.2 Å². The molecule has 0 aromatic heterocycles. The van der Waals surface area contributed by atoms with Crippen LogP contribution in [-0.2, 0) is 16.0 Å². The quantitative estimate of drug-likeness (QED) is 0.853. The lowest BCUT2D eigenvalue weighted by Gasteiger charge is -2.39. The second-order valence-corrected chi connectivity index (χ2v) is 5.89. The summed E-state index contributed by atoms with van der Waals surface area (Å²) in [7, 11) is 0. The highest BCUT2D eigenvalue weighted by atomic mass is 35.5. The molecule has 1 amide bonds. The number of carbonyl (C=O) groups excluding carboxylic acids is 1. The fourth-order valence-corrected chi connectivity index (χ4v) is 2.99. The van der Waals surface area contributed by atoms with Crippen molar-refractivity contribution in [1.82, 2.24) is 4.90 Å². The molecule has 0 bridgehead atoms. The minimum absolute atomic E-state index is 0.173. The summed E-state index contributed by atoms with van der Waals surface area (Å²) in [4.78, 5) is 14.3. The molecule has 2 atom stereocenters. The molecule has 4 heteroatoms. The van der Waals surface area contributed by atoms with E-state index in [9.17, 15) is 4.79 Å². The molecule has 0 spiro atoms. The summed E-state index contributed by atoms with van der Waals surface area (Å²) in [6.07, 6.45) is 2.25. The summed E-state index contributed by atoms with van der Waals surface area (Å²) in [5, 5.41) is 0.785. The van der Waals surface area contributed by atoms with Crippen molar-refractivity contribution >= 4 is 17.5 Å². The van der Waals surface area contributed by atoms with Gasteiger partial charge < -0.3 is 9.64 Å². The zero-order chi connectivity index (χ0) is 14.5. The van der Waals surface area contributed by atoms with Gasteiger partial charge in [0.15, 0.2) is 0 Å². The first-order valence-corrected chi connectivity index (χ1v) is 7.59. The molecule has 1 aliphatic rings. The van der Waals surface area contributed by atoms with Crippen LogP contribution in [0, 0.1) is 0 Å². The average molecular weight is 296 g/mol. The van der Waals surface area contributed by atoms with Crippen molar-refractivity contribution in [2.45, 2.75) is 45.2 Å². The number of hydrogen-bond donors (Lipinski definition) is 0. The molecule has 2 rings (SSSR count). The van der Waals surface area contributed by atoms with Crippen molar-refractivity contribution in [3.05, 3.63) is 34.9 Å². The van der Waals surface area contributed by atoms with Crippen LogP contribution in [0.25, 0.3) is 0 Å². The van der Waals surface area contributed by atoms with Crippen LogP contribution in [0.15, 0.2) is 24.3 Å². The van der Waals surface area contributed by atoms with Crippen LogP contribution in [0.1, 0.15) is 32.3 Å². The van der Waals surface area contributed by atoms with Crippen LogP contribution in [0.3, 0.4) is 0 Å². The highest BCUT2D eigenvalue weighted by Gasteiger charge is 2.28. The Bertz CT molecular complexity index is 454. The van der Waals surface area contributed by atoms with E-state index in [0.29, 0.717) is 19.6 Å². The number of nitrogens with zero attached hydrogens (tertiary/aromatic N) is 1. The Morgan fingerprint density at radius 3 is 2.60 bits per heavy atom. The van der Waals surface area contributed by atoms with Gasteiger partial charge in [-0.15, -0.1) is 0 Å². The van der Waals surface area contributed by atoms with Gasteiger partial charge in [-0.05, 0) is 38.3 Å². The van der Waals surface area contributed by atoms with E-state index in [1.54, 1.807) is 0 Å². The van der Waals surface area contributed by atoms with Crippen LogP contribution < -0.4 is 0 Å². The van der Waals surface area contributed by atoms with Crippen molar-refractivity contribution in [3.63, 3.8) is 0 Å². The second kappa shape index (κ2) is 7.09. The van der Waals surface area contributed by atoms with Gasteiger partial charge in [-0.2, -0.15) is 0 Å². The molecule has 1 aromatic rings. The van der Waals surface area contributed by atoms with Gasteiger partial charge in [-0.3, -0.25) is 4.79 Å². The predicted octanol–water partition coefficient (Wildman–Crippen LogP) is 3.30. The van der Waals surface area contributed by atoms with Crippen LogP contribution in [0.4, 0.5) is 0 Å². The first-order valence-electron chi connectivity index (χ1n) is 7.22. The topological polar surface area (TPSA) is 29.5 Å². The van der Waals surface area contributed by atoms with Crippen LogP contribution >= 0.6 is 11.6 Å². The highest BCUT2D eigenvalue weighted by molar-refractivity contribution is 6.31. The molecule has 1 heterocycles. The Morgan fingerprint density at radius 1 is 1.30 bits per heavy atom. The molecule has 1 aromatic carbocycles. The van der Waals surface area contributed by atoms with E-state index in [1.165, 1.54) is 0 Å². The maximum atomic E-state index is 12.3. The van der Waals surface area contributed by atoms with Gasteiger partial charge in [0.2, 0.25) is 5.91 Å².